The van der Waals surface area contributed by atoms with Gasteiger partial charge in [0.25, 0.3) is 0 Å². The molecule has 3 aromatic rings. The van der Waals surface area contributed by atoms with Crippen molar-refractivity contribution in [1.29, 1.82) is 0 Å². The minimum Gasteiger partial charge on any atom is -0.462 e. The normalized spacial score (nSPS) is 12.5. The molecule has 0 amide bonds. The van der Waals surface area contributed by atoms with Crippen LogP contribution in [0.2, 0.25) is 0 Å². The number of pyridine rings is 1. The fourth-order valence-corrected chi connectivity index (χ4v) is 4.89. The molecule has 11 nitrogen and oxygen atoms in total. The Labute approximate surface area is 248 Å². The predicted molar refractivity (Wildman–Crippen MR) is 155 cm³/mol. The van der Waals surface area contributed by atoms with Crippen LogP contribution in [0.15, 0.2) is 67.0 Å². The lowest BCUT2D eigenvalue weighted by Gasteiger charge is -2.30. The number of carbonyl (C=O) groups excluding carboxylic acids is 4. The van der Waals surface area contributed by atoms with Crippen molar-refractivity contribution in [3.05, 3.63) is 78.3 Å². The van der Waals surface area contributed by atoms with E-state index in [4.69, 9.17) is 28.9 Å². The van der Waals surface area contributed by atoms with Crippen LogP contribution in [-0.2, 0) is 43.5 Å². The number of aromatic nitrogens is 3. The zero-order chi connectivity index (χ0) is 31.0. The minimum absolute atomic E-state index is 0.000860. The lowest BCUT2D eigenvalue weighted by atomic mass is 9.73. The van der Waals surface area contributed by atoms with Gasteiger partial charge in [0, 0.05) is 41.2 Å². The lowest BCUT2D eigenvalue weighted by molar-refractivity contribution is -0.150. The zero-order valence-electron chi connectivity index (χ0n) is 24.2. The monoisotopic (exact) mass is 587 g/mol. The third-order valence-electron chi connectivity index (χ3n) is 6.99. The molecule has 0 N–H and O–H groups in total. The van der Waals surface area contributed by atoms with E-state index in [-0.39, 0.29) is 63.3 Å². The summed E-state index contributed by atoms with van der Waals surface area (Å²) in [5.74, 6) is -2.10. The van der Waals surface area contributed by atoms with Crippen LogP contribution in [-0.4, -0.2) is 65.3 Å². The zero-order valence-corrected chi connectivity index (χ0v) is 24.2. The van der Waals surface area contributed by atoms with Gasteiger partial charge in [-0.05, 0) is 38.3 Å². The van der Waals surface area contributed by atoms with Gasteiger partial charge in [0.15, 0.2) is 0 Å². The van der Waals surface area contributed by atoms with Crippen LogP contribution in [0.5, 0.6) is 0 Å². The van der Waals surface area contributed by atoms with Crippen molar-refractivity contribution >= 4 is 34.9 Å². The molecule has 4 rings (SSSR count). The van der Waals surface area contributed by atoms with E-state index in [0.717, 1.165) is 11.1 Å². The summed E-state index contributed by atoms with van der Waals surface area (Å²) in [6.07, 6.45) is 3.81. The molecule has 0 saturated carbocycles. The molecule has 0 spiro atoms. The first-order valence-corrected chi connectivity index (χ1v) is 13.8. The topological polar surface area (TPSA) is 144 Å². The maximum absolute atomic E-state index is 12.8. The van der Waals surface area contributed by atoms with Crippen molar-refractivity contribution in [1.82, 2.24) is 15.0 Å². The third-order valence-corrected chi connectivity index (χ3v) is 6.99. The number of benzene rings is 1. The number of carbonyl (C=O) groups is 4. The Morgan fingerprint density at radius 1 is 0.744 bits per heavy atom. The molecular weight excluding hydrogens is 554 g/mol. The van der Waals surface area contributed by atoms with Crippen LogP contribution in [0.4, 0.5) is 0 Å². The summed E-state index contributed by atoms with van der Waals surface area (Å²) in [6, 6.07) is 9.47. The largest absolute Gasteiger partial charge is 0.462 e. The van der Waals surface area contributed by atoms with Gasteiger partial charge in [-0.2, -0.15) is 0 Å². The van der Waals surface area contributed by atoms with E-state index in [1.807, 2.05) is 24.3 Å². The molecule has 0 fully saturated rings. The number of esters is 4. The van der Waals surface area contributed by atoms with Crippen molar-refractivity contribution < 1.29 is 38.1 Å². The molecule has 0 saturated heterocycles. The predicted octanol–water partition coefficient (Wildman–Crippen LogP) is 4.18. The molecule has 0 unspecified atom stereocenters. The van der Waals surface area contributed by atoms with E-state index in [9.17, 15) is 19.2 Å². The van der Waals surface area contributed by atoms with E-state index in [1.165, 1.54) is 13.8 Å². The van der Waals surface area contributed by atoms with Crippen LogP contribution < -0.4 is 0 Å². The highest BCUT2D eigenvalue weighted by Gasteiger charge is 2.46. The maximum atomic E-state index is 12.8. The highest BCUT2D eigenvalue weighted by atomic mass is 16.6. The molecule has 11 heteroatoms. The molecule has 2 aromatic heterocycles. The van der Waals surface area contributed by atoms with Crippen LogP contribution in [0.3, 0.4) is 0 Å². The lowest BCUT2D eigenvalue weighted by Crippen LogP contribution is -2.29. The first-order valence-electron chi connectivity index (χ1n) is 13.8. The van der Waals surface area contributed by atoms with Crippen LogP contribution in [0.1, 0.15) is 50.8 Å². The van der Waals surface area contributed by atoms with Gasteiger partial charge in [0.05, 0.1) is 23.1 Å². The molecule has 0 atom stereocenters. The Bertz CT molecular complexity index is 1530. The molecular formula is C32H33N3O8. The Balaban J connectivity index is 1.54. The Morgan fingerprint density at radius 3 is 1.88 bits per heavy atom. The Kier molecular flexibility index (Phi) is 9.97. The van der Waals surface area contributed by atoms with Gasteiger partial charge in [-0.15, -0.1) is 0 Å². The Hall–Kier alpha value is -4.93. The van der Waals surface area contributed by atoms with Crippen LogP contribution in [0.25, 0.3) is 22.3 Å². The van der Waals surface area contributed by atoms with Crippen LogP contribution >= 0.6 is 0 Å². The average Bonchev–Trinajstić information content (AvgIpc) is 3.26. The van der Waals surface area contributed by atoms with Crippen molar-refractivity contribution in [3.8, 4) is 11.3 Å². The van der Waals surface area contributed by atoms with E-state index in [2.05, 4.69) is 18.1 Å². The molecule has 2 heterocycles. The molecule has 43 heavy (non-hydrogen) atoms. The summed E-state index contributed by atoms with van der Waals surface area (Å²) in [5.41, 5.74) is 3.97. The number of hydrogen-bond acceptors (Lipinski definition) is 11. The van der Waals surface area contributed by atoms with Crippen LogP contribution in [0, 0.1) is 0 Å². The van der Waals surface area contributed by atoms with Gasteiger partial charge >= 0.3 is 23.9 Å². The van der Waals surface area contributed by atoms with Gasteiger partial charge in [0.1, 0.15) is 31.9 Å². The van der Waals surface area contributed by atoms with Crippen molar-refractivity contribution in [3.63, 3.8) is 0 Å². The number of rotatable bonds is 14. The Morgan fingerprint density at radius 2 is 1.30 bits per heavy atom. The summed E-state index contributed by atoms with van der Waals surface area (Å²) >= 11 is 0. The number of nitrogens with zero attached hydrogens (tertiary/aromatic N) is 3. The van der Waals surface area contributed by atoms with E-state index in [0.29, 0.717) is 22.4 Å². The highest BCUT2D eigenvalue weighted by molar-refractivity contribution is 5.87. The van der Waals surface area contributed by atoms with Gasteiger partial charge < -0.3 is 18.9 Å². The van der Waals surface area contributed by atoms with Crippen molar-refractivity contribution in [2.24, 2.45) is 0 Å². The smallest absolute Gasteiger partial charge is 0.333 e. The fourth-order valence-electron chi connectivity index (χ4n) is 4.89. The van der Waals surface area contributed by atoms with Gasteiger partial charge in [0.2, 0.25) is 0 Å². The van der Waals surface area contributed by atoms with E-state index in [1.54, 1.807) is 18.5 Å². The first-order chi connectivity index (χ1) is 20.6. The first kappa shape index (κ1) is 31.0. The quantitative estimate of drug-likeness (QED) is 0.116. The highest BCUT2D eigenvalue weighted by Crippen LogP contribution is 2.52. The molecule has 224 valence electrons. The van der Waals surface area contributed by atoms with Crippen molar-refractivity contribution in [2.75, 3.05) is 26.4 Å². The summed E-state index contributed by atoms with van der Waals surface area (Å²) in [5, 5.41) is 0. The van der Waals surface area contributed by atoms with Crippen molar-refractivity contribution in [2.45, 2.75) is 44.9 Å². The maximum Gasteiger partial charge on any atom is 0.333 e. The second-order valence-electron chi connectivity index (χ2n) is 10.2. The second-order valence-corrected chi connectivity index (χ2v) is 10.2. The number of ether oxygens (including phenoxy) is 4. The SMILES string of the molecule is C=C(C)C(=O)OCCOC(=O)CCC1(CCC(=O)OCCOC(=O)C(=C)C)c2ccccc2-c2nc3ccncc3nc21. The molecule has 0 radical (unpaired) electrons. The summed E-state index contributed by atoms with van der Waals surface area (Å²) in [6.45, 7) is 9.71. The number of fused-ring (bicyclic) bond motifs is 4. The molecule has 0 aliphatic heterocycles. The molecule has 1 aliphatic carbocycles. The standard InChI is InChI=1S/C32H33N3O8/c1-20(2)30(38)42-17-15-40-26(36)9-12-32(13-10-27(37)41-16-18-43-31(39)21(3)4)23-8-6-5-7-22(23)28-29(32)35-25-19-33-14-11-24(25)34-28/h5-8,11,14,19H,1,3,9-10,12-13,15-18H2,2,4H3. The van der Waals surface area contributed by atoms with Gasteiger partial charge in [-0.25, -0.2) is 19.6 Å². The molecule has 1 aliphatic rings. The van der Waals surface area contributed by atoms with Gasteiger partial charge in [-0.1, -0.05) is 37.4 Å². The summed E-state index contributed by atoms with van der Waals surface area (Å²) < 4.78 is 20.6. The van der Waals surface area contributed by atoms with E-state index < -0.39 is 29.3 Å². The molecule has 0 bridgehead atoms. The summed E-state index contributed by atoms with van der Waals surface area (Å²) in [4.78, 5) is 62.8. The number of hydrogen-bond donors (Lipinski definition) is 0. The van der Waals surface area contributed by atoms with Gasteiger partial charge in [-0.3, -0.25) is 14.6 Å². The average molecular weight is 588 g/mol. The third kappa shape index (κ3) is 7.29. The summed E-state index contributed by atoms with van der Waals surface area (Å²) in [7, 11) is 0. The molecule has 1 aromatic carbocycles. The second kappa shape index (κ2) is 13.8. The van der Waals surface area contributed by atoms with E-state index >= 15 is 0 Å². The minimum atomic E-state index is -0.861. The fraction of sp³-hybridized carbons (Fsp3) is 0.344.